The monoisotopic (exact) mass is 386 g/mol. The molecule has 3 rings (SSSR count). The van der Waals surface area contributed by atoms with Gasteiger partial charge in [-0.25, -0.2) is 14.2 Å². The van der Waals surface area contributed by atoms with Crippen LogP contribution in [0.2, 0.25) is 0 Å². The highest BCUT2D eigenvalue weighted by atomic mass is 32.2. The number of likely N-dealkylation sites (N-methyl/N-ethyl adjacent to an activating group) is 1. The maximum Gasteiger partial charge on any atom is 0.338 e. The molecule has 8 heteroatoms. The first-order valence-corrected chi connectivity index (χ1v) is 8.82. The minimum Gasteiger partial charge on any atom is -0.508 e. The summed E-state index contributed by atoms with van der Waals surface area (Å²) in [4.78, 5) is 30.1. The number of carbonyl (C=O) groups is 2. The van der Waals surface area contributed by atoms with Gasteiger partial charge in [-0.15, -0.1) is 0 Å². The van der Waals surface area contributed by atoms with Gasteiger partial charge in [-0.1, -0.05) is 12.1 Å². The third-order valence-electron chi connectivity index (χ3n) is 3.78. The van der Waals surface area contributed by atoms with E-state index in [2.05, 4.69) is 4.99 Å². The van der Waals surface area contributed by atoms with E-state index in [0.29, 0.717) is 22.2 Å². The van der Waals surface area contributed by atoms with Crippen molar-refractivity contribution < 1.29 is 24.2 Å². The lowest BCUT2D eigenvalue weighted by molar-refractivity contribution is -0.122. The molecule has 6 nitrogen and oxygen atoms in total. The molecule has 0 saturated carbocycles. The fraction of sp³-hybridized carbons (Fsp3) is 0.105. The standard InChI is InChI=1S/C19H15FN2O4S/c1-2-22-17(24)16(9-11-4-3-5-12(20)8-11)27-19(22)21-15-7-6-13(23)10-14(15)18(25)26/h3-10,23H,2H2,1H3,(H,25,26)/b16-9-,21-19?. The van der Waals surface area contributed by atoms with Crippen LogP contribution in [0.4, 0.5) is 10.1 Å². The van der Waals surface area contributed by atoms with Gasteiger partial charge in [0, 0.05) is 6.54 Å². The van der Waals surface area contributed by atoms with Crippen LogP contribution in [0, 0.1) is 5.82 Å². The van der Waals surface area contributed by atoms with Gasteiger partial charge in [-0.2, -0.15) is 0 Å². The van der Waals surface area contributed by atoms with Gasteiger partial charge < -0.3 is 10.2 Å². The van der Waals surface area contributed by atoms with Crippen LogP contribution in [-0.4, -0.2) is 38.7 Å². The number of phenols is 1. The predicted octanol–water partition coefficient (Wildman–Crippen LogP) is 3.85. The van der Waals surface area contributed by atoms with E-state index in [4.69, 9.17) is 0 Å². The van der Waals surface area contributed by atoms with Crippen molar-refractivity contribution in [1.29, 1.82) is 0 Å². The Morgan fingerprint density at radius 3 is 2.74 bits per heavy atom. The van der Waals surface area contributed by atoms with Gasteiger partial charge in [0.05, 0.1) is 16.2 Å². The van der Waals surface area contributed by atoms with Gasteiger partial charge >= 0.3 is 5.97 Å². The summed E-state index contributed by atoms with van der Waals surface area (Å²) in [7, 11) is 0. The number of amidine groups is 1. The third kappa shape index (κ3) is 4.01. The Hall–Kier alpha value is -3.13. The van der Waals surface area contributed by atoms with E-state index in [1.165, 1.54) is 29.2 Å². The molecule has 27 heavy (non-hydrogen) atoms. The molecule has 1 heterocycles. The van der Waals surface area contributed by atoms with Crippen LogP contribution in [0.15, 0.2) is 52.4 Å². The second-order valence-corrected chi connectivity index (χ2v) is 6.63. The van der Waals surface area contributed by atoms with Gasteiger partial charge in [-0.05, 0) is 60.7 Å². The smallest absolute Gasteiger partial charge is 0.338 e. The summed E-state index contributed by atoms with van der Waals surface area (Å²) in [6.07, 6.45) is 1.57. The number of rotatable bonds is 4. The van der Waals surface area contributed by atoms with Gasteiger partial charge in [0.2, 0.25) is 0 Å². The van der Waals surface area contributed by atoms with Gasteiger partial charge in [0.1, 0.15) is 11.6 Å². The van der Waals surface area contributed by atoms with Crippen molar-refractivity contribution in [2.75, 3.05) is 6.54 Å². The first-order valence-electron chi connectivity index (χ1n) is 8.01. The summed E-state index contributed by atoms with van der Waals surface area (Å²) in [5.41, 5.74) is 0.495. The largest absolute Gasteiger partial charge is 0.508 e. The number of phenolic OH excluding ortho intramolecular Hbond substituents is 1. The number of aromatic hydroxyl groups is 1. The van der Waals surface area contributed by atoms with Crippen LogP contribution in [0.5, 0.6) is 5.75 Å². The maximum atomic E-state index is 13.4. The van der Waals surface area contributed by atoms with E-state index >= 15 is 0 Å². The molecule has 1 saturated heterocycles. The Morgan fingerprint density at radius 2 is 2.07 bits per heavy atom. The van der Waals surface area contributed by atoms with E-state index in [0.717, 1.165) is 17.8 Å². The SMILES string of the molecule is CCN1C(=O)/C(=C/c2cccc(F)c2)SC1=Nc1ccc(O)cc1C(=O)O. The van der Waals surface area contributed by atoms with Crippen LogP contribution in [0.1, 0.15) is 22.8 Å². The Labute approximate surface area is 158 Å². The summed E-state index contributed by atoms with van der Waals surface area (Å²) in [5, 5.41) is 19.1. The lowest BCUT2D eigenvalue weighted by atomic mass is 10.2. The molecule has 2 N–H and O–H groups in total. The minimum absolute atomic E-state index is 0.126. The molecule has 0 spiro atoms. The van der Waals surface area contributed by atoms with Gasteiger partial charge in [0.25, 0.3) is 5.91 Å². The lowest BCUT2D eigenvalue weighted by Crippen LogP contribution is -2.28. The molecule has 0 atom stereocenters. The van der Waals surface area contributed by atoms with Crippen molar-refractivity contribution in [3.8, 4) is 5.75 Å². The molecule has 0 radical (unpaired) electrons. The van der Waals surface area contributed by atoms with Crippen LogP contribution < -0.4 is 0 Å². The highest BCUT2D eigenvalue weighted by Gasteiger charge is 2.32. The lowest BCUT2D eigenvalue weighted by Gasteiger charge is -2.12. The average molecular weight is 386 g/mol. The van der Waals surface area contributed by atoms with E-state index in [9.17, 15) is 24.2 Å². The van der Waals surface area contributed by atoms with Crippen LogP contribution in [0.25, 0.3) is 6.08 Å². The number of aliphatic imine (C=N–C) groups is 1. The molecule has 2 aromatic carbocycles. The normalized spacial score (nSPS) is 17.1. The van der Waals surface area contributed by atoms with Crippen molar-refractivity contribution in [2.24, 2.45) is 4.99 Å². The second-order valence-electron chi connectivity index (χ2n) is 5.62. The molecule has 1 fully saturated rings. The predicted molar refractivity (Wildman–Crippen MR) is 102 cm³/mol. The summed E-state index contributed by atoms with van der Waals surface area (Å²) in [6, 6.07) is 9.66. The first-order chi connectivity index (χ1) is 12.9. The Morgan fingerprint density at radius 1 is 1.30 bits per heavy atom. The first kappa shape index (κ1) is 18.7. The Balaban J connectivity index is 2.01. The van der Waals surface area contributed by atoms with Gasteiger partial charge in [0.15, 0.2) is 5.17 Å². The number of hydrogen-bond donors (Lipinski definition) is 2. The van der Waals surface area contributed by atoms with Crippen LogP contribution >= 0.6 is 11.8 Å². The second kappa shape index (κ2) is 7.63. The van der Waals surface area contributed by atoms with Crippen molar-refractivity contribution in [3.05, 3.63) is 64.3 Å². The molecule has 0 aliphatic carbocycles. The van der Waals surface area contributed by atoms with Crippen molar-refractivity contribution in [1.82, 2.24) is 4.90 Å². The Kier molecular flexibility index (Phi) is 5.27. The van der Waals surface area contributed by atoms with E-state index in [1.54, 1.807) is 25.1 Å². The minimum atomic E-state index is -1.24. The fourth-order valence-corrected chi connectivity index (χ4v) is 3.57. The summed E-state index contributed by atoms with van der Waals surface area (Å²) in [5.74, 6) is -2.12. The number of carbonyl (C=O) groups excluding carboxylic acids is 1. The van der Waals surface area contributed by atoms with E-state index in [1.807, 2.05) is 0 Å². The molecule has 1 aliphatic heterocycles. The van der Waals surface area contributed by atoms with Crippen LogP contribution in [-0.2, 0) is 4.79 Å². The number of halogens is 1. The number of amides is 1. The zero-order valence-electron chi connectivity index (χ0n) is 14.2. The average Bonchev–Trinajstić information content (AvgIpc) is 2.91. The van der Waals surface area contributed by atoms with E-state index < -0.39 is 11.8 Å². The zero-order valence-corrected chi connectivity index (χ0v) is 15.0. The molecular formula is C19H15FN2O4S. The molecule has 0 aromatic heterocycles. The summed E-state index contributed by atoms with van der Waals surface area (Å²) >= 11 is 1.08. The number of carboxylic acid groups (broad SMARTS) is 1. The molecule has 0 bridgehead atoms. The number of benzene rings is 2. The zero-order chi connectivity index (χ0) is 19.6. The topological polar surface area (TPSA) is 90.2 Å². The number of aromatic carboxylic acids is 1. The van der Waals surface area contributed by atoms with Crippen molar-refractivity contribution in [3.63, 3.8) is 0 Å². The maximum absolute atomic E-state index is 13.4. The summed E-state index contributed by atoms with van der Waals surface area (Å²) < 4.78 is 13.4. The van der Waals surface area contributed by atoms with Crippen molar-refractivity contribution >= 4 is 40.6 Å². The molecule has 138 valence electrons. The molecule has 1 aliphatic rings. The van der Waals surface area contributed by atoms with Crippen molar-refractivity contribution in [2.45, 2.75) is 6.92 Å². The van der Waals surface area contributed by atoms with Gasteiger partial charge in [-0.3, -0.25) is 9.69 Å². The fourth-order valence-electron chi connectivity index (χ4n) is 2.51. The van der Waals surface area contributed by atoms with E-state index in [-0.39, 0.29) is 22.9 Å². The molecule has 1 amide bonds. The molecular weight excluding hydrogens is 371 g/mol. The molecule has 2 aromatic rings. The summed E-state index contributed by atoms with van der Waals surface area (Å²) in [6.45, 7) is 2.11. The highest BCUT2D eigenvalue weighted by molar-refractivity contribution is 8.18. The van der Waals surface area contributed by atoms with Crippen LogP contribution in [0.3, 0.4) is 0 Å². The highest BCUT2D eigenvalue weighted by Crippen LogP contribution is 2.35. The number of carboxylic acids is 1. The number of nitrogens with zero attached hydrogens (tertiary/aromatic N) is 2. The third-order valence-corrected chi connectivity index (χ3v) is 4.78. The molecule has 0 unspecified atom stereocenters. The number of hydrogen-bond acceptors (Lipinski definition) is 5. The Bertz CT molecular complexity index is 987. The quantitative estimate of drug-likeness (QED) is 0.779. The number of thioether (sulfide) groups is 1.